The van der Waals surface area contributed by atoms with Gasteiger partial charge in [0.15, 0.2) is 0 Å². The Labute approximate surface area is 130 Å². The molecule has 0 bridgehead atoms. The number of carbonyl (C=O) groups excluding carboxylic acids is 1. The quantitative estimate of drug-likeness (QED) is 0.845. The van der Waals surface area contributed by atoms with E-state index in [1.54, 1.807) is 13.0 Å². The van der Waals surface area contributed by atoms with E-state index >= 15 is 0 Å². The molecule has 0 aromatic heterocycles. The molecule has 0 spiro atoms. The van der Waals surface area contributed by atoms with Crippen LogP contribution in [0.25, 0.3) is 6.08 Å². The lowest BCUT2D eigenvalue weighted by Crippen LogP contribution is -2.50. The van der Waals surface area contributed by atoms with E-state index in [9.17, 15) is 9.59 Å². The van der Waals surface area contributed by atoms with Crippen molar-refractivity contribution in [3.63, 3.8) is 0 Å². The number of aryl methyl sites for hydroxylation is 1. The Morgan fingerprint density at radius 1 is 1.41 bits per heavy atom. The third-order valence-corrected chi connectivity index (χ3v) is 3.70. The normalized spacial score (nSPS) is 15.7. The summed E-state index contributed by atoms with van der Waals surface area (Å²) in [6.07, 6.45) is 5.86. The van der Waals surface area contributed by atoms with Gasteiger partial charge in [-0.25, -0.2) is 0 Å². The summed E-state index contributed by atoms with van der Waals surface area (Å²) in [5, 5.41) is 11.8. The molecular weight excluding hydrogens is 282 g/mol. The van der Waals surface area contributed by atoms with Crippen LogP contribution in [0.5, 0.6) is 0 Å². The van der Waals surface area contributed by atoms with Gasteiger partial charge in [-0.15, -0.1) is 0 Å². The molecule has 1 unspecified atom stereocenters. The Kier molecular flexibility index (Phi) is 4.98. The number of carbonyl (C=O) groups is 2. The lowest BCUT2D eigenvalue weighted by molar-refractivity contribution is -0.139. The molecule has 0 fully saturated rings. The second-order valence-corrected chi connectivity index (χ2v) is 5.87. The topological polar surface area (TPSA) is 75.6 Å². The first-order valence-corrected chi connectivity index (χ1v) is 7.26. The number of nitrogens with one attached hydrogen (secondary N) is 1. The monoisotopic (exact) mass is 303 g/mol. The fraction of sp³-hybridized carbons (Fsp3) is 0.412. The van der Waals surface area contributed by atoms with Gasteiger partial charge in [0.2, 0.25) is 0 Å². The van der Waals surface area contributed by atoms with Crippen LogP contribution in [-0.4, -0.2) is 36.2 Å². The summed E-state index contributed by atoms with van der Waals surface area (Å²) in [7, 11) is 1.48. The van der Waals surface area contributed by atoms with Gasteiger partial charge in [-0.05, 0) is 43.0 Å². The number of amides is 1. The van der Waals surface area contributed by atoms with Gasteiger partial charge in [-0.3, -0.25) is 9.59 Å². The van der Waals surface area contributed by atoms with Crippen molar-refractivity contribution in [2.45, 2.75) is 31.7 Å². The lowest BCUT2D eigenvalue weighted by atomic mass is 9.94. The number of carboxylic acid groups (broad SMARTS) is 1. The van der Waals surface area contributed by atoms with E-state index in [0.717, 1.165) is 24.0 Å². The molecule has 22 heavy (non-hydrogen) atoms. The van der Waals surface area contributed by atoms with Crippen molar-refractivity contribution in [2.75, 3.05) is 13.7 Å². The number of rotatable bonds is 6. The summed E-state index contributed by atoms with van der Waals surface area (Å²) in [6, 6.07) is 5.56. The van der Waals surface area contributed by atoms with E-state index < -0.39 is 11.5 Å². The smallest absolute Gasteiger partial charge is 0.305 e. The van der Waals surface area contributed by atoms with E-state index in [-0.39, 0.29) is 18.9 Å². The summed E-state index contributed by atoms with van der Waals surface area (Å²) in [5.74, 6) is -1.26. The second-order valence-electron chi connectivity index (χ2n) is 5.87. The predicted molar refractivity (Wildman–Crippen MR) is 83.8 cm³/mol. The third kappa shape index (κ3) is 3.95. The Bertz CT molecular complexity index is 609. The average molecular weight is 303 g/mol. The van der Waals surface area contributed by atoms with Crippen molar-refractivity contribution in [2.24, 2.45) is 0 Å². The zero-order valence-electron chi connectivity index (χ0n) is 12.9. The highest BCUT2D eigenvalue weighted by Gasteiger charge is 2.30. The number of methoxy groups -OCH3 is 1. The van der Waals surface area contributed by atoms with Gasteiger partial charge in [-0.1, -0.05) is 18.2 Å². The number of hydrogen-bond acceptors (Lipinski definition) is 3. The Hall–Kier alpha value is -2.14. The van der Waals surface area contributed by atoms with E-state index in [1.807, 2.05) is 12.1 Å². The minimum Gasteiger partial charge on any atom is -0.481 e. The van der Waals surface area contributed by atoms with Crippen molar-refractivity contribution >= 4 is 18.0 Å². The molecule has 5 heteroatoms. The Morgan fingerprint density at radius 2 is 2.18 bits per heavy atom. The van der Waals surface area contributed by atoms with Crippen LogP contribution in [0.4, 0.5) is 0 Å². The van der Waals surface area contributed by atoms with Crippen LogP contribution in [0.15, 0.2) is 24.3 Å². The maximum Gasteiger partial charge on any atom is 0.305 e. The van der Waals surface area contributed by atoms with Gasteiger partial charge in [0.05, 0.1) is 18.6 Å². The third-order valence-electron chi connectivity index (χ3n) is 3.70. The molecule has 5 nitrogen and oxygen atoms in total. The standard InChI is InChI=1S/C17H21NO4/c1-17(11-22-2,10-15(19)20)18-16(21)14-8-7-12-5-3-4-6-13(12)9-14/h3,5,7-9H,4,6,10-11H2,1-2H3,(H,18,21)(H,19,20). The van der Waals surface area contributed by atoms with Crippen LogP contribution in [0.3, 0.4) is 0 Å². The zero-order valence-corrected chi connectivity index (χ0v) is 12.9. The summed E-state index contributed by atoms with van der Waals surface area (Å²) >= 11 is 0. The predicted octanol–water partition coefficient (Wildman–Crippen LogP) is 2.26. The van der Waals surface area contributed by atoms with Gasteiger partial charge in [-0.2, -0.15) is 0 Å². The van der Waals surface area contributed by atoms with Crippen molar-refractivity contribution in [1.82, 2.24) is 5.32 Å². The fourth-order valence-corrected chi connectivity index (χ4v) is 2.71. The average Bonchev–Trinajstić information content (AvgIpc) is 2.45. The highest BCUT2D eigenvalue weighted by molar-refractivity contribution is 5.95. The Balaban J connectivity index is 2.16. The van der Waals surface area contributed by atoms with Crippen molar-refractivity contribution in [3.05, 3.63) is 41.0 Å². The number of ether oxygens (including phenoxy) is 1. The fourth-order valence-electron chi connectivity index (χ4n) is 2.71. The molecule has 0 heterocycles. The first-order chi connectivity index (χ1) is 10.4. The molecule has 1 atom stereocenters. The summed E-state index contributed by atoms with van der Waals surface area (Å²) < 4.78 is 5.05. The maximum absolute atomic E-state index is 12.4. The van der Waals surface area contributed by atoms with Gasteiger partial charge in [0, 0.05) is 12.7 Å². The second kappa shape index (κ2) is 6.75. The van der Waals surface area contributed by atoms with Crippen LogP contribution in [0, 0.1) is 0 Å². The molecule has 0 saturated carbocycles. The van der Waals surface area contributed by atoms with Gasteiger partial charge in [0.1, 0.15) is 0 Å². The first-order valence-electron chi connectivity index (χ1n) is 7.26. The van der Waals surface area contributed by atoms with Gasteiger partial charge >= 0.3 is 5.97 Å². The van der Waals surface area contributed by atoms with E-state index in [4.69, 9.17) is 9.84 Å². The largest absolute Gasteiger partial charge is 0.481 e. The zero-order chi connectivity index (χ0) is 16.2. The van der Waals surface area contributed by atoms with Gasteiger partial charge in [0.25, 0.3) is 5.91 Å². The molecule has 1 amide bonds. The Morgan fingerprint density at radius 3 is 2.86 bits per heavy atom. The molecule has 1 aliphatic carbocycles. The molecule has 1 aliphatic rings. The van der Waals surface area contributed by atoms with Gasteiger partial charge < -0.3 is 15.2 Å². The molecule has 2 rings (SSSR count). The molecule has 0 saturated heterocycles. The number of allylic oxidation sites excluding steroid dienone is 1. The number of hydrogen-bond donors (Lipinski definition) is 2. The summed E-state index contributed by atoms with van der Waals surface area (Å²) in [5.41, 5.74) is 1.88. The molecule has 1 aromatic carbocycles. The summed E-state index contributed by atoms with van der Waals surface area (Å²) in [4.78, 5) is 23.4. The molecule has 118 valence electrons. The van der Waals surface area contributed by atoms with Crippen molar-refractivity contribution in [3.8, 4) is 0 Å². The maximum atomic E-state index is 12.4. The highest BCUT2D eigenvalue weighted by Crippen LogP contribution is 2.21. The molecule has 1 aromatic rings. The van der Waals surface area contributed by atoms with E-state index in [1.165, 1.54) is 7.11 Å². The van der Waals surface area contributed by atoms with Crippen molar-refractivity contribution < 1.29 is 19.4 Å². The van der Waals surface area contributed by atoms with Crippen LogP contribution < -0.4 is 5.32 Å². The number of carboxylic acids is 1. The lowest BCUT2D eigenvalue weighted by Gasteiger charge is -2.28. The number of aliphatic carboxylic acids is 1. The van der Waals surface area contributed by atoms with Crippen LogP contribution in [0.1, 0.15) is 41.3 Å². The van der Waals surface area contributed by atoms with Crippen LogP contribution in [0.2, 0.25) is 0 Å². The van der Waals surface area contributed by atoms with Crippen LogP contribution in [-0.2, 0) is 16.0 Å². The number of fused-ring (bicyclic) bond motifs is 1. The molecule has 2 N–H and O–H groups in total. The molecule has 0 radical (unpaired) electrons. The van der Waals surface area contributed by atoms with Crippen molar-refractivity contribution in [1.29, 1.82) is 0 Å². The SMILES string of the molecule is COCC(C)(CC(=O)O)NC(=O)c1ccc2c(c1)CCC=C2. The summed E-state index contributed by atoms with van der Waals surface area (Å²) in [6.45, 7) is 1.81. The highest BCUT2D eigenvalue weighted by atomic mass is 16.5. The molecule has 0 aliphatic heterocycles. The minimum atomic E-state index is -0.976. The van der Waals surface area contributed by atoms with Crippen LogP contribution >= 0.6 is 0 Å². The number of benzene rings is 1. The van der Waals surface area contributed by atoms with E-state index in [0.29, 0.717) is 5.56 Å². The first kappa shape index (κ1) is 16.2. The minimum absolute atomic E-state index is 0.138. The molecular formula is C17H21NO4. The van der Waals surface area contributed by atoms with E-state index in [2.05, 4.69) is 17.5 Å².